The summed E-state index contributed by atoms with van der Waals surface area (Å²) >= 11 is 6.55. The number of hydrogen-bond acceptors (Lipinski definition) is 7. The van der Waals surface area contributed by atoms with Gasteiger partial charge in [-0.3, -0.25) is 14.7 Å². The van der Waals surface area contributed by atoms with Crippen LogP contribution in [0.25, 0.3) is 32.9 Å². The second kappa shape index (κ2) is 11.0. The SMILES string of the molecule is C=CC(=O)N1CC(CNc2nc(OC[C@@]34CCCN3C[C@H](F)C4)nc3c(F)c(-c4cccc5cccc(Cl)c45)ncc23)C1. The number of hydrogen-bond donors (Lipinski definition) is 1. The van der Waals surface area contributed by atoms with Crippen LogP contribution in [0.4, 0.5) is 14.6 Å². The first-order chi connectivity index (χ1) is 20.8. The second-order valence-electron chi connectivity index (χ2n) is 11.7. The number of fused-ring (bicyclic) bond motifs is 3. The van der Waals surface area contributed by atoms with Crippen LogP contribution in [0.3, 0.4) is 0 Å². The molecule has 4 aromatic rings. The van der Waals surface area contributed by atoms with Gasteiger partial charge in [0.25, 0.3) is 0 Å². The molecule has 0 spiro atoms. The third-order valence-corrected chi connectivity index (χ3v) is 9.32. The third kappa shape index (κ3) is 4.96. The summed E-state index contributed by atoms with van der Waals surface area (Å²) < 4.78 is 37.0. The minimum atomic E-state index is -0.896. The first-order valence-electron chi connectivity index (χ1n) is 14.6. The molecule has 0 aliphatic carbocycles. The molecule has 3 aliphatic heterocycles. The zero-order chi connectivity index (χ0) is 29.7. The van der Waals surface area contributed by atoms with Gasteiger partial charge in [0.1, 0.15) is 29.8 Å². The Morgan fingerprint density at radius 3 is 2.84 bits per heavy atom. The van der Waals surface area contributed by atoms with E-state index in [2.05, 4.69) is 31.7 Å². The fourth-order valence-corrected chi connectivity index (χ4v) is 7.10. The highest BCUT2D eigenvalue weighted by atomic mass is 35.5. The lowest BCUT2D eigenvalue weighted by Gasteiger charge is -2.38. The number of pyridine rings is 1. The van der Waals surface area contributed by atoms with Crippen molar-refractivity contribution in [2.45, 2.75) is 31.0 Å². The fourth-order valence-electron chi connectivity index (χ4n) is 6.81. The van der Waals surface area contributed by atoms with Gasteiger partial charge in [-0.1, -0.05) is 48.5 Å². The molecule has 0 unspecified atom stereocenters. The Bertz CT molecular complexity index is 1740. The molecule has 0 saturated carbocycles. The smallest absolute Gasteiger partial charge is 0.319 e. The van der Waals surface area contributed by atoms with Gasteiger partial charge in [-0.2, -0.15) is 9.97 Å². The highest BCUT2D eigenvalue weighted by molar-refractivity contribution is 6.36. The Kier molecular flexibility index (Phi) is 7.13. The van der Waals surface area contributed by atoms with Gasteiger partial charge in [0, 0.05) is 60.7 Å². The van der Waals surface area contributed by atoms with Crippen LogP contribution in [0, 0.1) is 11.7 Å². The van der Waals surface area contributed by atoms with Gasteiger partial charge in [-0.25, -0.2) is 8.78 Å². The quantitative estimate of drug-likeness (QED) is 0.260. The summed E-state index contributed by atoms with van der Waals surface area (Å²) in [5, 5.41) is 5.79. The molecule has 3 aliphatic rings. The van der Waals surface area contributed by atoms with Crippen molar-refractivity contribution in [2.75, 3.05) is 44.6 Å². The minimum Gasteiger partial charge on any atom is -0.461 e. The number of aromatic nitrogens is 3. The normalized spacial score (nSPS) is 22.1. The summed E-state index contributed by atoms with van der Waals surface area (Å²) in [6.07, 6.45) is 4.18. The summed E-state index contributed by atoms with van der Waals surface area (Å²) in [6, 6.07) is 11.1. The first-order valence-corrected chi connectivity index (χ1v) is 14.9. The zero-order valence-corrected chi connectivity index (χ0v) is 24.3. The molecule has 3 saturated heterocycles. The number of halogens is 3. The highest BCUT2D eigenvalue weighted by Gasteiger charge is 2.49. The number of anilines is 1. The number of benzene rings is 2. The average molecular weight is 605 g/mol. The van der Waals surface area contributed by atoms with Gasteiger partial charge in [0.05, 0.1) is 10.9 Å². The Balaban J connectivity index is 1.25. The number of rotatable bonds is 8. The number of ether oxygens (including phenoxy) is 1. The highest BCUT2D eigenvalue weighted by Crippen LogP contribution is 2.41. The van der Waals surface area contributed by atoms with Gasteiger partial charge >= 0.3 is 6.01 Å². The number of nitrogens with one attached hydrogen (secondary N) is 1. The van der Waals surface area contributed by atoms with E-state index in [9.17, 15) is 9.18 Å². The van der Waals surface area contributed by atoms with Crippen molar-refractivity contribution in [1.29, 1.82) is 0 Å². The lowest BCUT2D eigenvalue weighted by Crippen LogP contribution is -2.51. The van der Waals surface area contributed by atoms with E-state index in [4.69, 9.17) is 16.3 Å². The number of carbonyl (C=O) groups excluding carboxylic acids is 1. The molecular formula is C32H31ClF2N6O2. The summed E-state index contributed by atoms with van der Waals surface area (Å²) in [7, 11) is 0. The Hall–Kier alpha value is -3.89. The van der Waals surface area contributed by atoms with Crippen molar-refractivity contribution in [2.24, 2.45) is 5.92 Å². The van der Waals surface area contributed by atoms with Crippen LogP contribution in [-0.4, -0.2) is 81.7 Å². The monoisotopic (exact) mass is 604 g/mol. The molecule has 1 amide bonds. The largest absolute Gasteiger partial charge is 0.461 e. The van der Waals surface area contributed by atoms with Gasteiger partial charge in [-0.05, 0) is 36.9 Å². The lowest BCUT2D eigenvalue weighted by molar-refractivity contribution is -0.131. The van der Waals surface area contributed by atoms with Crippen LogP contribution in [0.5, 0.6) is 6.01 Å². The molecule has 2 atom stereocenters. The van der Waals surface area contributed by atoms with Crippen LogP contribution in [-0.2, 0) is 4.79 Å². The molecule has 7 rings (SSSR count). The van der Waals surface area contributed by atoms with E-state index in [1.807, 2.05) is 24.3 Å². The van der Waals surface area contributed by atoms with Crippen LogP contribution >= 0.6 is 11.6 Å². The molecule has 2 aromatic carbocycles. The van der Waals surface area contributed by atoms with E-state index in [1.165, 1.54) is 6.08 Å². The molecule has 2 aromatic heterocycles. The predicted octanol–water partition coefficient (Wildman–Crippen LogP) is 5.65. The maximum absolute atomic E-state index is 16.4. The van der Waals surface area contributed by atoms with Crippen molar-refractivity contribution in [3.05, 3.63) is 66.1 Å². The lowest BCUT2D eigenvalue weighted by atomic mass is 9.95. The molecule has 8 nitrogen and oxygen atoms in total. The third-order valence-electron chi connectivity index (χ3n) is 9.01. The van der Waals surface area contributed by atoms with E-state index in [0.29, 0.717) is 59.8 Å². The molecule has 0 bridgehead atoms. The van der Waals surface area contributed by atoms with E-state index in [1.54, 1.807) is 23.2 Å². The fraction of sp³-hybridized carbons (Fsp3) is 0.375. The van der Waals surface area contributed by atoms with Crippen molar-refractivity contribution >= 4 is 45.0 Å². The Morgan fingerprint density at radius 1 is 1.21 bits per heavy atom. The van der Waals surface area contributed by atoms with E-state index in [-0.39, 0.29) is 35.7 Å². The van der Waals surface area contributed by atoms with Crippen LogP contribution in [0.1, 0.15) is 19.3 Å². The molecule has 43 heavy (non-hydrogen) atoms. The van der Waals surface area contributed by atoms with Crippen molar-refractivity contribution in [1.82, 2.24) is 24.8 Å². The summed E-state index contributed by atoms with van der Waals surface area (Å²) in [4.78, 5) is 29.4. The van der Waals surface area contributed by atoms with Crippen LogP contribution < -0.4 is 10.1 Å². The minimum absolute atomic E-state index is 0.0163. The van der Waals surface area contributed by atoms with Gasteiger partial charge in [-0.15, -0.1) is 0 Å². The first kappa shape index (κ1) is 27.9. The molecule has 222 valence electrons. The van der Waals surface area contributed by atoms with Gasteiger partial charge < -0.3 is 15.0 Å². The van der Waals surface area contributed by atoms with Crippen molar-refractivity contribution in [3.63, 3.8) is 0 Å². The number of carbonyl (C=O) groups is 1. The molecule has 11 heteroatoms. The topological polar surface area (TPSA) is 83.5 Å². The molecule has 5 heterocycles. The van der Waals surface area contributed by atoms with E-state index in [0.717, 1.165) is 24.8 Å². The average Bonchev–Trinajstić information content (AvgIpc) is 3.51. The summed E-state index contributed by atoms with van der Waals surface area (Å²) in [6.45, 7) is 6.69. The van der Waals surface area contributed by atoms with E-state index < -0.39 is 17.5 Å². The van der Waals surface area contributed by atoms with Gasteiger partial charge in [0.2, 0.25) is 5.91 Å². The number of amides is 1. The van der Waals surface area contributed by atoms with Crippen LogP contribution in [0.2, 0.25) is 5.02 Å². The predicted molar refractivity (Wildman–Crippen MR) is 163 cm³/mol. The zero-order valence-electron chi connectivity index (χ0n) is 23.5. The molecular weight excluding hydrogens is 574 g/mol. The number of nitrogens with zero attached hydrogens (tertiary/aromatic N) is 5. The maximum atomic E-state index is 16.4. The van der Waals surface area contributed by atoms with Gasteiger partial charge in [0.15, 0.2) is 5.82 Å². The standard InChI is InChI=1S/C32H31ClF2N6O2/c1-2-25(42)40-15-19(16-40)13-37-30-23-14-36-28(22-8-3-6-20-7-4-9-24(33)26(20)22)27(35)29(23)38-31(39-30)43-18-32-10-5-11-41(32)17-21(34)12-32/h2-4,6-9,14,19,21H,1,5,10-13,15-18H2,(H,37,38,39)/t21-,32+/m1/s1. The maximum Gasteiger partial charge on any atom is 0.319 e. The van der Waals surface area contributed by atoms with Crippen LogP contribution in [0.15, 0.2) is 55.3 Å². The van der Waals surface area contributed by atoms with E-state index >= 15 is 4.39 Å². The number of likely N-dealkylation sites (tertiary alicyclic amines) is 1. The molecule has 3 fully saturated rings. The van der Waals surface area contributed by atoms with Crippen molar-refractivity contribution < 1.29 is 18.3 Å². The van der Waals surface area contributed by atoms with Crippen molar-refractivity contribution in [3.8, 4) is 17.3 Å². The molecule has 1 N–H and O–H groups in total. The summed E-state index contributed by atoms with van der Waals surface area (Å²) in [5.41, 5.74) is 0.338. The Morgan fingerprint density at radius 2 is 2.02 bits per heavy atom. The summed E-state index contributed by atoms with van der Waals surface area (Å²) in [5.74, 6) is -0.136. The second-order valence-corrected chi connectivity index (χ2v) is 12.1. The Labute approximate surface area is 252 Å². The molecule has 0 radical (unpaired) electrons. The number of alkyl halides is 1.